The van der Waals surface area contributed by atoms with E-state index in [1.165, 1.54) is 75.6 Å². The summed E-state index contributed by atoms with van der Waals surface area (Å²) in [5.41, 5.74) is 0.877. The molecule has 0 aliphatic carbocycles. The van der Waals surface area contributed by atoms with Crippen molar-refractivity contribution in [2.75, 3.05) is 36.8 Å². The average molecular weight is 672 g/mol. The number of carbonyl (C=O) groups excluding carboxylic acids is 2. The fourth-order valence-corrected chi connectivity index (χ4v) is 8.68. The van der Waals surface area contributed by atoms with Crippen molar-refractivity contribution in [2.45, 2.75) is 61.9 Å². The van der Waals surface area contributed by atoms with Crippen molar-refractivity contribution in [3.8, 4) is 0 Å². The molecule has 13 nitrogen and oxygen atoms in total. The number of rotatable bonds is 8. The van der Waals surface area contributed by atoms with E-state index in [4.69, 9.17) is 9.47 Å². The van der Waals surface area contributed by atoms with Crippen LogP contribution in [0.3, 0.4) is 0 Å². The minimum absolute atomic E-state index is 0.0626. The number of hydrogen-bond acceptors (Lipinski definition) is 9. The normalized spacial score (nSPS) is 23.0. The molecule has 2 amide bonds. The van der Waals surface area contributed by atoms with E-state index in [1.807, 2.05) is 27.7 Å². The fourth-order valence-electron chi connectivity index (χ4n) is 5.50. The molecule has 2 aliphatic rings. The molecule has 246 valence electrons. The number of nitrogens with zero attached hydrogens (tertiary/aromatic N) is 3. The quantitative estimate of drug-likeness (QED) is 0.366. The molecule has 4 unspecified atom stereocenters. The molecule has 2 fully saturated rings. The molecule has 4 atom stereocenters. The lowest BCUT2D eigenvalue weighted by Gasteiger charge is -2.34. The molecule has 2 N–H and O–H groups in total. The van der Waals surface area contributed by atoms with Gasteiger partial charge in [-0.25, -0.2) is 16.8 Å². The number of sulfonamides is 2. The van der Waals surface area contributed by atoms with Crippen LogP contribution in [0.1, 0.15) is 48.4 Å². The Morgan fingerprint density at radius 2 is 1.00 bits per heavy atom. The topological polar surface area (TPSA) is 164 Å². The van der Waals surface area contributed by atoms with Crippen molar-refractivity contribution in [2.24, 2.45) is 0 Å². The molecular formula is C31H37N5O8S2. The highest BCUT2D eigenvalue weighted by molar-refractivity contribution is 7.89. The SMILES string of the molecule is CC1CN(S(=O)(=O)c2ccc(C(=O)Nc3ccncc3NC(=O)c3ccc(S(=O)(=O)N4CC(C)OC(C)C4)cc3)cc2)CC(C)O1. The number of benzene rings is 2. The van der Waals surface area contributed by atoms with Crippen LogP contribution in [0.15, 0.2) is 76.8 Å². The van der Waals surface area contributed by atoms with Crippen molar-refractivity contribution in [1.29, 1.82) is 0 Å². The number of nitrogens with one attached hydrogen (secondary N) is 2. The van der Waals surface area contributed by atoms with Crippen LogP contribution in [0, 0.1) is 0 Å². The molecule has 0 saturated carbocycles. The van der Waals surface area contributed by atoms with Crippen molar-refractivity contribution in [1.82, 2.24) is 13.6 Å². The maximum atomic E-state index is 13.2. The van der Waals surface area contributed by atoms with E-state index in [-0.39, 0.29) is 82.9 Å². The molecule has 2 aliphatic heterocycles. The van der Waals surface area contributed by atoms with Gasteiger partial charge in [0.05, 0.1) is 51.8 Å². The molecule has 0 radical (unpaired) electrons. The summed E-state index contributed by atoms with van der Waals surface area (Å²) in [6.07, 6.45) is 1.87. The first-order valence-corrected chi connectivity index (χ1v) is 17.7. The van der Waals surface area contributed by atoms with Crippen molar-refractivity contribution < 1.29 is 35.9 Å². The minimum Gasteiger partial charge on any atom is -0.373 e. The lowest BCUT2D eigenvalue weighted by Crippen LogP contribution is -2.48. The molecule has 2 saturated heterocycles. The number of morpholine rings is 2. The van der Waals surface area contributed by atoms with Gasteiger partial charge in [0.25, 0.3) is 11.8 Å². The van der Waals surface area contributed by atoms with Gasteiger partial charge >= 0.3 is 0 Å². The summed E-state index contributed by atoms with van der Waals surface area (Å²) in [7, 11) is -7.55. The van der Waals surface area contributed by atoms with Gasteiger partial charge in [0.1, 0.15) is 0 Å². The van der Waals surface area contributed by atoms with Crippen LogP contribution in [-0.2, 0) is 29.5 Å². The fraction of sp³-hybridized carbons (Fsp3) is 0.387. The number of pyridine rings is 1. The molecule has 0 bridgehead atoms. The standard InChI is InChI=1S/C31H37N5O8S2/c1-20-16-35(17-21(2)43-20)45(39,40)26-9-5-24(6-10-26)30(37)33-28-13-14-32-15-29(28)34-31(38)25-7-11-27(12-8-25)46(41,42)36-18-22(3)44-23(4)19-36/h5-15,20-23H,16-19H2,1-4H3,(H,34,38)(H,32,33,37). The maximum Gasteiger partial charge on any atom is 0.255 e. The highest BCUT2D eigenvalue weighted by Crippen LogP contribution is 2.25. The predicted octanol–water partition coefficient (Wildman–Crippen LogP) is 3.18. The molecule has 0 spiro atoms. The summed E-state index contributed by atoms with van der Waals surface area (Å²) >= 11 is 0. The van der Waals surface area contributed by atoms with Gasteiger partial charge in [-0.3, -0.25) is 14.6 Å². The van der Waals surface area contributed by atoms with Gasteiger partial charge in [-0.05, 0) is 82.3 Å². The monoisotopic (exact) mass is 671 g/mol. The number of hydrogen-bond donors (Lipinski definition) is 2. The van der Waals surface area contributed by atoms with Gasteiger partial charge in [0.15, 0.2) is 0 Å². The lowest BCUT2D eigenvalue weighted by atomic mass is 10.2. The Balaban J connectivity index is 1.25. The van der Waals surface area contributed by atoms with Gasteiger partial charge in [-0.2, -0.15) is 8.61 Å². The second-order valence-electron chi connectivity index (χ2n) is 11.5. The zero-order valence-corrected chi connectivity index (χ0v) is 27.5. The first-order valence-electron chi connectivity index (χ1n) is 14.8. The van der Waals surface area contributed by atoms with Crippen LogP contribution < -0.4 is 10.6 Å². The summed E-state index contributed by atoms with van der Waals surface area (Å²) in [5.74, 6) is -1.07. The van der Waals surface area contributed by atoms with E-state index in [9.17, 15) is 26.4 Å². The van der Waals surface area contributed by atoms with Crippen LogP contribution in [-0.4, -0.2) is 92.8 Å². The molecular weight excluding hydrogens is 635 g/mol. The van der Waals surface area contributed by atoms with Crippen LogP contribution in [0.25, 0.3) is 0 Å². The van der Waals surface area contributed by atoms with Crippen molar-refractivity contribution >= 4 is 43.2 Å². The van der Waals surface area contributed by atoms with E-state index in [2.05, 4.69) is 15.6 Å². The number of carbonyl (C=O) groups is 2. The second kappa shape index (κ2) is 13.6. The average Bonchev–Trinajstić information content (AvgIpc) is 3.01. The van der Waals surface area contributed by atoms with Gasteiger partial charge in [0, 0.05) is 43.5 Å². The predicted molar refractivity (Wildman–Crippen MR) is 171 cm³/mol. The Labute approximate surface area is 269 Å². The minimum atomic E-state index is -3.77. The van der Waals surface area contributed by atoms with E-state index in [0.29, 0.717) is 0 Å². The summed E-state index contributed by atoms with van der Waals surface area (Å²) in [5, 5.41) is 5.43. The van der Waals surface area contributed by atoms with E-state index < -0.39 is 31.9 Å². The highest BCUT2D eigenvalue weighted by atomic mass is 32.2. The van der Waals surface area contributed by atoms with E-state index in [0.717, 1.165) is 0 Å². The Morgan fingerprint density at radius 3 is 1.39 bits per heavy atom. The highest BCUT2D eigenvalue weighted by Gasteiger charge is 2.33. The molecule has 5 rings (SSSR count). The van der Waals surface area contributed by atoms with Crippen LogP contribution >= 0.6 is 0 Å². The van der Waals surface area contributed by atoms with Crippen LogP contribution in [0.5, 0.6) is 0 Å². The Hall–Kier alpha value is -3.73. The smallest absolute Gasteiger partial charge is 0.255 e. The van der Waals surface area contributed by atoms with Crippen LogP contribution in [0.2, 0.25) is 0 Å². The van der Waals surface area contributed by atoms with E-state index in [1.54, 1.807) is 0 Å². The summed E-state index contributed by atoms with van der Waals surface area (Å²) in [4.78, 5) is 30.3. The lowest BCUT2D eigenvalue weighted by molar-refractivity contribution is -0.0442. The third-order valence-corrected chi connectivity index (χ3v) is 11.3. The summed E-state index contributed by atoms with van der Waals surface area (Å²) < 4.78 is 66.7. The van der Waals surface area contributed by atoms with Gasteiger partial charge in [-0.1, -0.05) is 0 Å². The Kier molecular flexibility index (Phi) is 9.91. The summed E-state index contributed by atoms with van der Waals surface area (Å²) in [6.45, 7) is 8.22. The first-order chi connectivity index (χ1) is 21.7. The number of ether oxygens (including phenoxy) is 2. The van der Waals surface area contributed by atoms with Gasteiger partial charge in [-0.15, -0.1) is 0 Å². The van der Waals surface area contributed by atoms with Crippen LogP contribution in [0.4, 0.5) is 11.4 Å². The molecule has 3 heterocycles. The number of anilines is 2. The molecule has 3 aromatic rings. The molecule has 2 aromatic carbocycles. The van der Waals surface area contributed by atoms with Gasteiger partial charge in [0.2, 0.25) is 20.0 Å². The number of aromatic nitrogens is 1. The van der Waals surface area contributed by atoms with Crippen molar-refractivity contribution in [3.05, 3.63) is 78.1 Å². The number of amides is 2. The van der Waals surface area contributed by atoms with Crippen molar-refractivity contribution in [3.63, 3.8) is 0 Å². The molecule has 1 aromatic heterocycles. The Bertz CT molecular complexity index is 1650. The zero-order chi connectivity index (χ0) is 33.2. The maximum absolute atomic E-state index is 13.2. The largest absolute Gasteiger partial charge is 0.373 e. The molecule has 46 heavy (non-hydrogen) atoms. The third kappa shape index (κ3) is 7.45. The van der Waals surface area contributed by atoms with Gasteiger partial charge < -0.3 is 20.1 Å². The second-order valence-corrected chi connectivity index (χ2v) is 15.4. The summed E-state index contributed by atoms with van der Waals surface area (Å²) in [6, 6.07) is 12.7. The molecule has 15 heteroatoms. The van der Waals surface area contributed by atoms with E-state index >= 15 is 0 Å². The Morgan fingerprint density at radius 1 is 0.630 bits per heavy atom. The first kappa shape index (κ1) is 33.6. The zero-order valence-electron chi connectivity index (χ0n) is 25.9. The third-order valence-electron chi connectivity index (χ3n) is 7.60.